The molecule has 1 N–H and O–H groups in total. The highest BCUT2D eigenvalue weighted by atomic mass is 79.9. The summed E-state index contributed by atoms with van der Waals surface area (Å²) in [7, 11) is -4.12. The van der Waals surface area contributed by atoms with Gasteiger partial charge in [0.25, 0.3) is 0 Å². The van der Waals surface area contributed by atoms with E-state index < -0.39 is 34.0 Å². The van der Waals surface area contributed by atoms with Gasteiger partial charge in [0.05, 0.1) is 12.2 Å². The van der Waals surface area contributed by atoms with Gasteiger partial charge < -0.3 is 0 Å². The molecule has 2 unspecified atom stereocenters. The Morgan fingerprint density at radius 2 is 1.93 bits per heavy atom. The standard InChI is InChI=1S/C19H14BrF3N4O2S/c20-14-3-1-2-10-6-11-7-15-13(9-25-26-15)18(17(10)14)27(11)30(28,29)12-4-5-16(24-8-12)19(21,22)23/h1-5,8-9,11,18H,6-7H2,(H,25,26). The first-order valence-electron chi connectivity index (χ1n) is 9.04. The van der Waals surface area contributed by atoms with Crippen molar-refractivity contribution in [1.82, 2.24) is 19.5 Å². The molecule has 2 aliphatic rings. The minimum atomic E-state index is -4.64. The molecule has 1 aromatic carbocycles. The number of H-pyrrole nitrogens is 1. The molecular weight excluding hydrogens is 485 g/mol. The summed E-state index contributed by atoms with van der Waals surface area (Å²) >= 11 is 3.54. The van der Waals surface area contributed by atoms with Crippen LogP contribution in [-0.2, 0) is 29.0 Å². The highest BCUT2D eigenvalue weighted by Gasteiger charge is 2.48. The minimum absolute atomic E-state index is 0.270. The van der Waals surface area contributed by atoms with Crippen molar-refractivity contribution in [3.05, 3.63) is 75.3 Å². The van der Waals surface area contributed by atoms with Crippen LogP contribution in [0.3, 0.4) is 0 Å². The van der Waals surface area contributed by atoms with Crippen LogP contribution < -0.4 is 0 Å². The number of sulfonamides is 1. The van der Waals surface area contributed by atoms with E-state index in [4.69, 9.17) is 0 Å². The average Bonchev–Trinajstić information content (AvgIpc) is 3.15. The van der Waals surface area contributed by atoms with Crippen LogP contribution in [0.4, 0.5) is 13.2 Å². The number of pyridine rings is 1. The highest BCUT2D eigenvalue weighted by Crippen LogP contribution is 2.48. The summed E-state index contributed by atoms with van der Waals surface area (Å²) in [5.41, 5.74) is 2.32. The number of nitrogens with zero attached hydrogens (tertiary/aromatic N) is 3. The van der Waals surface area contributed by atoms with E-state index in [0.717, 1.165) is 39.1 Å². The molecule has 0 saturated carbocycles. The molecule has 4 heterocycles. The molecule has 11 heteroatoms. The molecule has 0 radical (unpaired) electrons. The normalized spacial score (nSPS) is 21.2. The van der Waals surface area contributed by atoms with Crippen LogP contribution in [0.25, 0.3) is 0 Å². The number of halogens is 4. The van der Waals surface area contributed by atoms with Gasteiger partial charge in [-0.15, -0.1) is 0 Å². The Kier molecular flexibility index (Phi) is 4.35. The molecule has 0 spiro atoms. The average molecular weight is 499 g/mol. The second kappa shape index (κ2) is 6.63. The van der Waals surface area contributed by atoms with Crippen LogP contribution in [0, 0.1) is 0 Å². The Morgan fingerprint density at radius 1 is 1.13 bits per heavy atom. The van der Waals surface area contributed by atoms with E-state index >= 15 is 0 Å². The summed E-state index contributed by atoms with van der Waals surface area (Å²) in [6, 6.07) is 6.35. The van der Waals surface area contributed by atoms with E-state index in [9.17, 15) is 21.6 Å². The Morgan fingerprint density at radius 3 is 2.63 bits per heavy atom. The predicted molar refractivity (Wildman–Crippen MR) is 104 cm³/mol. The van der Waals surface area contributed by atoms with Crippen molar-refractivity contribution in [2.24, 2.45) is 0 Å². The van der Waals surface area contributed by atoms with Gasteiger partial charge in [0.15, 0.2) is 0 Å². The zero-order chi connectivity index (χ0) is 21.3. The van der Waals surface area contributed by atoms with E-state index in [-0.39, 0.29) is 4.90 Å². The third-order valence-corrected chi connectivity index (χ3v) is 8.17. The third-order valence-electron chi connectivity index (χ3n) is 5.57. The molecular formula is C19H14BrF3N4O2S. The van der Waals surface area contributed by atoms with Gasteiger partial charge in [0.1, 0.15) is 10.6 Å². The second-order valence-corrected chi connectivity index (χ2v) is 9.99. The summed E-state index contributed by atoms with van der Waals surface area (Å²) in [5, 5.41) is 7.04. The molecule has 2 bridgehead atoms. The van der Waals surface area contributed by atoms with E-state index in [1.165, 1.54) is 4.31 Å². The van der Waals surface area contributed by atoms with Crippen molar-refractivity contribution in [3.63, 3.8) is 0 Å². The molecule has 3 aromatic rings. The number of alkyl halides is 3. The fourth-order valence-electron chi connectivity index (χ4n) is 4.32. The van der Waals surface area contributed by atoms with Crippen molar-refractivity contribution in [2.75, 3.05) is 0 Å². The van der Waals surface area contributed by atoms with Gasteiger partial charge >= 0.3 is 6.18 Å². The summed E-state index contributed by atoms with van der Waals surface area (Å²) in [6.07, 6.45) is -1.33. The first-order chi connectivity index (χ1) is 14.2. The lowest BCUT2D eigenvalue weighted by molar-refractivity contribution is -0.141. The number of aromatic nitrogens is 3. The molecule has 2 atom stereocenters. The van der Waals surface area contributed by atoms with Gasteiger partial charge in [-0.2, -0.15) is 22.6 Å². The van der Waals surface area contributed by atoms with E-state index in [2.05, 4.69) is 31.1 Å². The van der Waals surface area contributed by atoms with Crippen molar-refractivity contribution in [1.29, 1.82) is 0 Å². The second-order valence-electron chi connectivity index (χ2n) is 7.29. The SMILES string of the molecule is O=S(=O)(c1ccc(C(F)(F)F)nc1)N1C2Cc3cccc(Br)c3C1c1cn[nH]c1C2. The molecule has 156 valence electrons. The van der Waals surface area contributed by atoms with Gasteiger partial charge in [-0.3, -0.25) is 10.1 Å². The van der Waals surface area contributed by atoms with Crippen LogP contribution >= 0.6 is 15.9 Å². The molecule has 0 amide bonds. The summed E-state index contributed by atoms with van der Waals surface area (Å²) in [5.74, 6) is 0. The minimum Gasteiger partial charge on any atom is -0.282 e. The number of fused-ring (bicyclic) bond motifs is 6. The lowest BCUT2D eigenvalue weighted by Crippen LogP contribution is -2.51. The molecule has 0 fully saturated rings. The van der Waals surface area contributed by atoms with Crippen molar-refractivity contribution in [2.45, 2.75) is 36.0 Å². The van der Waals surface area contributed by atoms with Crippen LogP contribution in [0.1, 0.15) is 34.1 Å². The fraction of sp³-hybridized carbons (Fsp3) is 0.263. The van der Waals surface area contributed by atoms with Crippen LogP contribution in [-0.4, -0.2) is 33.9 Å². The molecule has 5 rings (SSSR count). The van der Waals surface area contributed by atoms with Gasteiger partial charge in [0, 0.05) is 34.4 Å². The number of aromatic amines is 1. The summed E-state index contributed by atoms with van der Waals surface area (Å²) in [4.78, 5) is 3.07. The summed E-state index contributed by atoms with van der Waals surface area (Å²) < 4.78 is 67.9. The molecule has 0 aliphatic carbocycles. The molecule has 2 aliphatic heterocycles. The first kappa shape index (κ1) is 19.7. The number of hydrogen-bond donors (Lipinski definition) is 1. The molecule has 30 heavy (non-hydrogen) atoms. The highest BCUT2D eigenvalue weighted by molar-refractivity contribution is 9.10. The maximum absolute atomic E-state index is 13.6. The number of nitrogens with one attached hydrogen (secondary N) is 1. The van der Waals surface area contributed by atoms with Crippen LogP contribution in [0.5, 0.6) is 0 Å². The number of hydrogen-bond acceptors (Lipinski definition) is 4. The van der Waals surface area contributed by atoms with Crippen molar-refractivity contribution in [3.8, 4) is 0 Å². The van der Waals surface area contributed by atoms with Crippen molar-refractivity contribution < 1.29 is 21.6 Å². The zero-order valence-electron chi connectivity index (χ0n) is 15.2. The maximum atomic E-state index is 13.6. The maximum Gasteiger partial charge on any atom is 0.433 e. The van der Waals surface area contributed by atoms with Crippen LogP contribution in [0.15, 0.2) is 52.1 Å². The van der Waals surface area contributed by atoms with E-state index in [1.54, 1.807) is 6.20 Å². The quantitative estimate of drug-likeness (QED) is 0.581. The Balaban J connectivity index is 1.66. The number of benzene rings is 1. The Hall–Kier alpha value is -2.24. The van der Waals surface area contributed by atoms with Gasteiger partial charge in [-0.05, 0) is 35.7 Å². The first-order valence-corrected chi connectivity index (χ1v) is 11.3. The van der Waals surface area contributed by atoms with Gasteiger partial charge in [-0.25, -0.2) is 8.42 Å². The number of rotatable bonds is 2. The Bertz CT molecular complexity index is 1240. The largest absolute Gasteiger partial charge is 0.433 e. The topological polar surface area (TPSA) is 79.0 Å². The monoisotopic (exact) mass is 498 g/mol. The van der Waals surface area contributed by atoms with Gasteiger partial charge in [-0.1, -0.05) is 28.1 Å². The molecule has 6 nitrogen and oxygen atoms in total. The molecule has 2 aromatic heterocycles. The predicted octanol–water partition coefficient (Wildman–Crippen LogP) is 3.85. The lowest BCUT2D eigenvalue weighted by Gasteiger charge is -2.45. The summed E-state index contributed by atoms with van der Waals surface area (Å²) in [6.45, 7) is 0. The van der Waals surface area contributed by atoms with Gasteiger partial charge in [0.2, 0.25) is 10.0 Å². The van der Waals surface area contributed by atoms with Crippen molar-refractivity contribution >= 4 is 26.0 Å². The third kappa shape index (κ3) is 2.90. The molecule has 0 saturated heterocycles. The Labute approximate surface area is 178 Å². The lowest BCUT2D eigenvalue weighted by atomic mass is 9.81. The van der Waals surface area contributed by atoms with E-state index in [1.807, 2.05) is 18.2 Å². The zero-order valence-corrected chi connectivity index (χ0v) is 17.6. The smallest absolute Gasteiger partial charge is 0.282 e. The van der Waals surface area contributed by atoms with Crippen LogP contribution in [0.2, 0.25) is 0 Å². The fourth-order valence-corrected chi connectivity index (χ4v) is 6.65. The van der Waals surface area contributed by atoms with E-state index in [0.29, 0.717) is 18.9 Å².